The van der Waals surface area contributed by atoms with Gasteiger partial charge in [-0.15, -0.1) is 0 Å². The zero-order valence-corrected chi connectivity index (χ0v) is 12.9. The summed E-state index contributed by atoms with van der Waals surface area (Å²) in [5.41, 5.74) is 0. The van der Waals surface area contributed by atoms with E-state index in [1.807, 2.05) is 13.1 Å². The summed E-state index contributed by atoms with van der Waals surface area (Å²) in [5.74, 6) is 2.32. The molecule has 118 valence electrons. The zero-order valence-electron chi connectivity index (χ0n) is 12.9. The highest BCUT2D eigenvalue weighted by molar-refractivity contribution is 5.47. The van der Waals surface area contributed by atoms with Gasteiger partial charge in [-0.3, -0.25) is 4.90 Å². The van der Waals surface area contributed by atoms with Gasteiger partial charge in [-0.05, 0) is 13.0 Å². The minimum Gasteiger partial charge on any atom is -0.379 e. The Kier molecular flexibility index (Phi) is 6.65. The molecule has 0 aromatic carbocycles. The molecule has 0 unspecified atom stereocenters. The van der Waals surface area contributed by atoms with Crippen LogP contribution >= 0.6 is 0 Å². The smallest absolute Gasteiger partial charge is 0.158 e. The van der Waals surface area contributed by atoms with Crippen LogP contribution in [0.4, 0.5) is 11.6 Å². The fourth-order valence-corrected chi connectivity index (χ4v) is 2.25. The maximum atomic E-state index is 5.34. The van der Waals surface area contributed by atoms with Crippen LogP contribution in [0.5, 0.6) is 0 Å². The van der Waals surface area contributed by atoms with Crippen molar-refractivity contribution < 1.29 is 9.47 Å². The van der Waals surface area contributed by atoms with Crippen LogP contribution in [-0.2, 0) is 16.1 Å². The highest BCUT2D eigenvalue weighted by Crippen LogP contribution is 2.11. The van der Waals surface area contributed by atoms with Crippen LogP contribution in [0.3, 0.4) is 0 Å². The summed E-state index contributed by atoms with van der Waals surface area (Å²) in [6.45, 7) is 6.18. The second-order valence-electron chi connectivity index (χ2n) is 4.97. The van der Waals surface area contributed by atoms with Gasteiger partial charge in [0.15, 0.2) is 5.82 Å². The lowest BCUT2D eigenvalue weighted by atomic mass is 10.3. The third kappa shape index (κ3) is 5.45. The van der Waals surface area contributed by atoms with E-state index in [9.17, 15) is 0 Å². The quantitative estimate of drug-likeness (QED) is 0.687. The molecule has 0 radical (unpaired) electrons. The highest BCUT2D eigenvalue weighted by Gasteiger charge is 2.09. The largest absolute Gasteiger partial charge is 0.379 e. The van der Waals surface area contributed by atoms with Crippen molar-refractivity contribution >= 4 is 11.6 Å². The fourth-order valence-electron chi connectivity index (χ4n) is 2.25. The molecule has 2 rings (SSSR count). The molecule has 1 aliphatic heterocycles. The molecule has 0 bridgehead atoms. The molecule has 1 fully saturated rings. The molecular weight excluding hydrogens is 270 g/mol. The van der Waals surface area contributed by atoms with E-state index in [0.29, 0.717) is 12.4 Å². The van der Waals surface area contributed by atoms with Crippen molar-refractivity contribution in [3.63, 3.8) is 0 Å². The van der Waals surface area contributed by atoms with Crippen LogP contribution in [0.25, 0.3) is 0 Å². The van der Waals surface area contributed by atoms with Crippen molar-refractivity contribution in [1.82, 2.24) is 14.9 Å². The zero-order chi connectivity index (χ0) is 14.9. The Morgan fingerprint density at radius 1 is 1.29 bits per heavy atom. The van der Waals surface area contributed by atoms with Crippen LogP contribution in [0, 0.1) is 0 Å². The number of nitrogens with one attached hydrogen (secondary N) is 2. The molecule has 1 aliphatic rings. The number of ether oxygens (including phenoxy) is 2. The number of nitrogens with zero attached hydrogens (tertiary/aromatic N) is 3. The second kappa shape index (κ2) is 8.76. The Labute approximate surface area is 126 Å². The van der Waals surface area contributed by atoms with Gasteiger partial charge in [0.05, 0.1) is 13.2 Å². The van der Waals surface area contributed by atoms with Crippen LogP contribution < -0.4 is 10.6 Å². The Morgan fingerprint density at radius 2 is 2.05 bits per heavy atom. The van der Waals surface area contributed by atoms with E-state index < -0.39 is 0 Å². The molecule has 0 aliphatic carbocycles. The average Bonchev–Trinajstić information content (AvgIpc) is 2.53. The lowest BCUT2D eigenvalue weighted by Crippen LogP contribution is -2.37. The van der Waals surface area contributed by atoms with Crippen molar-refractivity contribution in [3.8, 4) is 0 Å². The van der Waals surface area contributed by atoms with E-state index in [-0.39, 0.29) is 0 Å². The molecular formula is C14H25N5O2. The van der Waals surface area contributed by atoms with Crippen molar-refractivity contribution in [2.75, 3.05) is 64.2 Å². The Bertz CT molecular complexity index is 424. The van der Waals surface area contributed by atoms with Gasteiger partial charge in [0.25, 0.3) is 0 Å². The second-order valence-corrected chi connectivity index (χ2v) is 4.97. The Hall–Kier alpha value is -1.44. The van der Waals surface area contributed by atoms with Crippen molar-refractivity contribution in [2.24, 2.45) is 0 Å². The van der Waals surface area contributed by atoms with Crippen LogP contribution in [0.1, 0.15) is 12.2 Å². The Morgan fingerprint density at radius 3 is 2.76 bits per heavy atom. The van der Waals surface area contributed by atoms with Crippen LogP contribution in [0.15, 0.2) is 6.07 Å². The van der Waals surface area contributed by atoms with E-state index >= 15 is 0 Å². The first-order valence-electron chi connectivity index (χ1n) is 7.40. The van der Waals surface area contributed by atoms with Gasteiger partial charge < -0.3 is 20.1 Å². The molecule has 0 spiro atoms. The van der Waals surface area contributed by atoms with Crippen LogP contribution in [0.2, 0.25) is 0 Å². The predicted octanol–water partition coefficient (Wildman–Crippen LogP) is 0.799. The first-order chi connectivity index (χ1) is 10.3. The number of methoxy groups -OCH3 is 1. The SMILES string of the molecule is CNc1cc(NCCCN2CCOCC2)nc(COC)n1. The van der Waals surface area contributed by atoms with E-state index in [4.69, 9.17) is 9.47 Å². The lowest BCUT2D eigenvalue weighted by molar-refractivity contribution is 0.0378. The summed E-state index contributed by atoms with van der Waals surface area (Å²) >= 11 is 0. The summed E-state index contributed by atoms with van der Waals surface area (Å²) in [7, 11) is 3.49. The standard InChI is InChI=1S/C14H25N5O2/c1-15-12-10-13(18-14(17-12)11-20-2)16-4-3-5-19-6-8-21-9-7-19/h10H,3-9,11H2,1-2H3,(H2,15,16,17,18). The molecule has 2 N–H and O–H groups in total. The van der Waals surface area contributed by atoms with E-state index in [1.165, 1.54) is 0 Å². The first kappa shape index (κ1) is 15.9. The number of morpholine rings is 1. The van der Waals surface area contributed by atoms with Gasteiger partial charge in [-0.2, -0.15) is 0 Å². The Balaban J connectivity index is 1.77. The molecule has 7 nitrogen and oxygen atoms in total. The summed E-state index contributed by atoms with van der Waals surface area (Å²) < 4.78 is 10.4. The van der Waals surface area contributed by atoms with Gasteiger partial charge in [0, 0.05) is 39.9 Å². The van der Waals surface area contributed by atoms with Gasteiger partial charge >= 0.3 is 0 Å². The highest BCUT2D eigenvalue weighted by atomic mass is 16.5. The normalized spacial score (nSPS) is 15.9. The first-order valence-corrected chi connectivity index (χ1v) is 7.40. The predicted molar refractivity (Wildman–Crippen MR) is 82.7 cm³/mol. The van der Waals surface area contributed by atoms with Crippen LogP contribution in [-0.4, -0.2) is 68.4 Å². The minimum absolute atomic E-state index is 0.415. The van der Waals surface area contributed by atoms with Crippen molar-refractivity contribution in [1.29, 1.82) is 0 Å². The van der Waals surface area contributed by atoms with E-state index in [0.717, 1.165) is 57.4 Å². The summed E-state index contributed by atoms with van der Waals surface area (Å²) in [6, 6.07) is 1.91. The third-order valence-corrected chi connectivity index (χ3v) is 3.36. The molecule has 21 heavy (non-hydrogen) atoms. The topological polar surface area (TPSA) is 71.5 Å². The molecule has 0 saturated carbocycles. The number of anilines is 2. The molecule has 1 aromatic heterocycles. The number of hydrogen-bond acceptors (Lipinski definition) is 7. The van der Waals surface area contributed by atoms with E-state index in [1.54, 1.807) is 7.11 Å². The molecule has 1 aromatic rings. The van der Waals surface area contributed by atoms with Crippen molar-refractivity contribution in [3.05, 3.63) is 11.9 Å². The fraction of sp³-hybridized carbons (Fsp3) is 0.714. The molecule has 7 heteroatoms. The summed E-state index contributed by atoms with van der Waals surface area (Å²) in [5, 5.41) is 6.39. The van der Waals surface area contributed by atoms with Crippen molar-refractivity contribution in [2.45, 2.75) is 13.0 Å². The number of rotatable bonds is 8. The molecule has 1 saturated heterocycles. The molecule has 0 atom stereocenters. The number of hydrogen-bond donors (Lipinski definition) is 2. The third-order valence-electron chi connectivity index (χ3n) is 3.36. The number of aromatic nitrogens is 2. The molecule has 2 heterocycles. The molecule has 0 amide bonds. The van der Waals surface area contributed by atoms with E-state index in [2.05, 4.69) is 25.5 Å². The van der Waals surface area contributed by atoms with Gasteiger partial charge in [0.2, 0.25) is 0 Å². The van der Waals surface area contributed by atoms with Gasteiger partial charge in [-0.25, -0.2) is 9.97 Å². The summed E-state index contributed by atoms with van der Waals surface area (Å²) in [6.07, 6.45) is 1.08. The van der Waals surface area contributed by atoms with Gasteiger partial charge in [0.1, 0.15) is 18.2 Å². The summed E-state index contributed by atoms with van der Waals surface area (Å²) in [4.78, 5) is 11.2. The monoisotopic (exact) mass is 295 g/mol. The minimum atomic E-state index is 0.415. The average molecular weight is 295 g/mol. The maximum absolute atomic E-state index is 5.34. The van der Waals surface area contributed by atoms with Gasteiger partial charge in [-0.1, -0.05) is 0 Å². The lowest BCUT2D eigenvalue weighted by Gasteiger charge is -2.26. The maximum Gasteiger partial charge on any atom is 0.158 e.